The number of rotatable bonds is 6. The summed E-state index contributed by atoms with van der Waals surface area (Å²) in [6.07, 6.45) is 3.98. The van der Waals surface area contributed by atoms with Gasteiger partial charge in [-0.3, -0.25) is 0 Å². The minimum absolute atomic E-state index is 0.213. The zero-order valence-corrected chi connectivity index (χ0v) is 19.4. The lowest BCUT2D eigenvalue weighted by molar-refractivity contribution is 0.0845. The Labute approximate surface area is 185 Å². The molecular formula is C24H32N2O4S. The van der Waals surface area contributed by atoms with E-state index in [1.54, 1.807) is 18.2 Å². The highest BCUT2D eigenvalue weighted by atomic mass is 32.2. The maximum atomic E-state index is 12.8. The van der Waals surface area contributed by atoms with Crippen LogP contribution in [0.3, 0.4) is 0 Å². The van der Waals surface area contributed by atoms with Crippen molar-refractivity contribution in [1.29, 1.82) is 0 Å². The average molecular weight is 445 g/mol. The van der Waals surface area contributed by atoms with E-state index < -0.39 is 10.0 Å². The Bertz CT molecular complexity index is 1010. The fraction of sp³-hybridized carbons (Fsp3) is 0.500. The van der Waals surface area contributed by atoms with Gasteiger partial charge in [0.05, 0.1) is 4.90 Å². The van der Waals surface area contributed by atoms with E-state index in [1.807, 2.05) is 38.1 Å². The van der Waals surface area contributed by atoms with Gasteiger partial charge in [0.2, 0.25) is 10.0 Å². The van der Waals surface area contributed by atoms with E-state index in [1.165, 1.54) is 0 Å². The summed E-state index contributed by atoms with van der Waals surface area (Å²) in [5.41, 5.74) is 1.62. The molecule has 0 amide bonds. The molecule has 1 N–H and O–H groups in total. The lowest BCUT2D eigenvalue weighted by Gasteiger charge is -2.32. The van der Waals surface area contributed by atoms with Crippen LogP contribution in [0.25, 0.3) is 0 Å². The number of benzene rings is 2. The van der Waals surface area contributed by atoms with Gasteiger partial charge in [-0.1, -0.05) is 12.1 Å². The number of aryl methyl sites for hydroxylation is 1. The number of nitrogens with zero attached hydrogens (tertiary/aromatic N) is 1. The van der Waals surface area contributed by atoms with Crippen LogP contribution in [0.4, 0.5) is 0 Å². The van der Waals surface area contributed by atoms with Crippen molar-refractivity contribution in [1.82, 2.24) is 9.62 Å². The minimum Gasteiger partial charge on any atom is -0.490 e. The number of fused-ring (bicyclic) bond motifs is 1. The largest absolute Gasteiger partial charge is 0.490 e. The maximum Gasteiger partial charge on any atom is 0.240 e. The zero-order valence-electron chi connectivity index (χ0n) is 18.6. The summed E-state index contributed by atoms with van der Waals surface area (Å²) >= 11 is 0. The Balaban J connectivity index is 1.35. The van der Waals surface area contributed by atoms with Gasteiger partial charge in [0.15, 0.2) is 0 Å². The van der Waals surface area contributed by atoms with Crippen molar-refractivity contribution < 1.29 is 17.9 Å². The summed E-state index contributed by atoms with van der Waals surface area (Å²) in [7, 11) is -1.47. The van der Waals surface area contributed by atoms with Gasteiger partial charge in [-0.05, 0) is 88.0 Å². The first-order valence-electron chi connectivity index (χ1n) is 11.0. The quantitative estimate of drug-likeness (QED) is 0.735. The monoisotopic (exact) mass is 444 g/mol. The summed E-state index contributed by atoms with van der Waals surface area (Å²) in [5, 5.41) is 0. The fourth-order valence-electron chi connectivity index (χ4n) is 4.05. The SMILES string of the molecule is CN1CCC(Oc2ccc(CNS(=O)(=O)c3ccc4c(c3)CCC(C)(C)O4)cc2)CC1. The third kappa shape index (κ3) is 5.59. The second-order valence-electron chi connectivity index (χ2n) is 9.22. The maximum absolute atomic E-state index is 12.8. The molecule has 0 atom stereocenters. The van der Waals surface area contributed by atoms with Crippen LogP contribution in [-0.4, -0.2) is 45.2 Å². The lowest BCUT2D eigenvalue weighted by atomic mass is 9.94. The number of sulfonamides is 1. The second kappa shape index (κ2) is 8.81. The molecule has 31 heavy (non-hydrogen) atoms. The molecule has 2 aromatic carbocycles. The Morgan fingerprint density at radius 3 is 2.55 bits per heavy atom. The highest BCUT2D eigenvalue weighted by molar-refractivity contribution is 7.89. The van der Waals surface area contributed by atoms with E-state index in [4.69, 9.17) is 9.47 Å². The Kier molecular flexibility index (Phi) is 6.28. The number of likely N-dealkylation sites (tertiary alicyclic amines) is 1. The molecule has 0 saturated carbocycles. The van der Waals surface area contributed by atoms with Gasteiger partial charge in [0, 0.05) is 19.6 Å². The highest BCUT2D eigenvalue weighted by Gasteiger charge is 2.27. The molecule has 0 bridgehead atoms. The van der Waals surface area contributed by atoms with Crippen LogP contribution in [0.5, 0.6) is 11.5 Å². The number of piperidine rings is 1. The van der Waals surface area contributed by atoms with Crippen LogP contribution in [0.15, 0.2) is 47.4 Å². The Morgan fingerprint density at radius 2 is 1.84 bits per heavy atom. The van der Waals surface area contributed by atoms with E-state index in [9.17, 15) is 8.42 Å². The first kappa shape index (κ1) is 22.1. The molecule has 0 aromatic heterocycles. The molecule has 2 heterocycles. The molecule has 0 spiro atoms. The average Bonchev–Trinajstić information content (AvgIpc) is 2.74. The molecule has 7 heteroatoms. The van der Waals surface area contributed by atoms with E-state index in [0.717, 1.165) is 61.4 Å². The first-order valence-corrected chi connectivity index (χ1v) is 12.4. The Morgan fingerprint density at radius 1 is 1.13 bits per heavy atom. The van der Waals surface area contributed by atoms with Gasteiger partial charge >= 0.3 is 0 Å². The summed E-state index contributed by atoms with van der Waals surface area (Å²) in [4.78, 5) is 2.59. The van der Waals surface area contributed by atoms with Crippen LogP contribution < -0.4 is 14.2 Å². The molecule has 0 radical (unpaired) electrons. The topological polar surface area (TPSA) is 67.9 Å². The van der Waals surface area contributed by atoms with Crippen LogP contribution in [-0.2, 0) is 23.0 Å². The van der Waals surface area contributed by atoms with Crippen molar-refractivity contribution >= 4 is 10.0 Å². The van der Waals surface area contributed by atoms with Crippen LogP contribution in [0.2, 0.25) is 0 Å². The smallest absolute Gasteiger partial charge is 0.240 e. The van der Waals surface area contributed by atoms with Gasteiger partial charge < -0.3 is 14.4 Å². The van der Waals surface area contributed by atoms with Crippen molar-refractivity contribution in [2.75, 3.05) is 20.1 Å². The molecule has 0 unspecified atom stereocenters. The normalized spacial score (nSPS) is 19.5. The van der Waals surface area contributed by atoms with Crippen molar-refractivity contribution in [2.45, 2.75) is 62.7 Å². The molecule has 168 valence electrons. The predicted molar refractivity (Wildman–Crippen MR) is 121 cm³/mol. The molecular weight excluding hydrogens is 412 g/mol. The molecule has 1 fully saturated rings. The standard InChI is InChI=1S/C24H32N2O4S/c1-24(2)13-10-19-16-22(8-9-23(19)30-24)31(27,28)25-17-18-4-6-20(7-5-18)29-21-11-14-26(3)15-12-21/h4-9,16,21,25H,10-15,17H2,1-3H3. The van der Waals surface area contributed by atoms with Crippen molar-refractivity contribution in [3.8, 4) is 11.5 Å². The van der Waals surface area contributed by atoms with Gasteiger partial charge in [-0.25, -0.2) is 13.1 Å². The third-order valence-corrected chi connectivity index (χ3v) is 7.48. The minimum atomic E-state index is -3.60. The number of nitrogens with one attached hydrogen (secondary N) is 1. The summed E-state index contributed by atoms with van der Waals surface area (Å²) in [5.74, 6) is 1.61. The fourth-order valence-corrected chi connectivity index (χ4v) is 5.11. The van der Waals surface area contributed by atoms with Crippen LogP contribution in [0.1, 0.15) is 44.2 Å². The third-order valence-electron chi connectivity index (χ3n) is 6.08. The van der Waals surface area contributed by atoms with Crippen molar-refractivity contribution in [2.24, 2.45) is 0 Å². The van der Waals surface area contributed by atoms with E-state index in [-0.39, 0.29) is 23.1 Å². The number of hydrogen-bond acceptors (Lipinski definition) is 5. The van der Waals surface area contributed by atoms with Crippen molar-refractivity contribution in [3.63, 3.8) is 0 Å². The summed E-state index contributed by atoms with van der Waals surface area (Å²) in [6, 6.07) is 12.8. The van der Waals surface area contributed by atoms with Crippen LogP contribution >= 0.6 is 0 Å². The predicted octanol–water partition coefficient (Wildman–Crippen LogP) is 3.74. The van der Waals surface area contributed by atoms with E-state index in [0.29, 0.717) is 0 Å². The molecule has 1 saturated heterocycles. The molecule has 0 aliphatic carbocycles. The molecule has 2 aliphatic heterocycles. The molecule has 6 nitrogen and oxygen atoms in total. The van der Waals surface area contributed by atoms with Crippen LogP contribution in [0, 0.1) is 0 Å². The van der Waals surface area contributed by atoms with E-state index in [2.05, 4.69) is 16.7 Å². The number of hydrogen-bond donors (Lipinski definition) is 1. The number of ether oxygens (including phenoxy) is 2. The molecule has 2 aromatic rings. The zero-order chi connectivity index (χ0) is 22.1. The highest BCUT2D eigenvalue weighted by Crippen LogP contribution is 2.34. The molecule has 4 rings (SSSR count). The van der Waals surface area contributed by atoms with Gasteiger partial charge in [0.25, 0.3) is 0 Å². The van der Waals surface area contributed by atoms with E-state index >= 15 is 0 Å². The summed E-state index contributed by atoms with van der Waals surface area (Å²) in [6.45, 7) is 6.43. The Hall–Kier alpha value is -2.09. The lowest BCUT2D eigenvalue weighted by Crippen LogP contribution is -2.35. The van der Waals surface area contributed by atoms with Crippen molar-refractivity contribution in [3.05, 3.63) is 53.6 Å². The second-order valence-corrected chi connectivity index (χ2v) is 11.0. The summed E-state index contributed by atoms with van der Waals surface area (Å²) < 4.78 is 40.3. The van der Waals surface area contributed by atoms with Gasteiger partial charge in [-0.2, -0.15) is 0 Å². The first-order chi connectivity index (χ1) is 14.7. The molecule has 2 aliphatic rings. The van der Waals surface area contributed by atoms with Gasteiger partial charge in [-0.15, -0.1) is 0 Å². The van der Waals surface area contributed by atoms with Gasteiger partial charge in [0.1, 0.15) is 23.2 Å².